The molecule has 1 aromatic heterocycles. The van der Waals surface area contributed by atoms with Crippen molar-refractivity contribution in [2.45, 2.75) is 0 Å². The molecule has 0 unspecified atom stereocenters. The summed E-state index contributed by atoms with van der Waals surface area (Å²) in [4.78, 5) is 11.0. The zero-order valence-corrected chi connectivity index (χ0v) is 5.47. The molecule has 0 saturated carbocycles. The Hall–Kier alpha value is -1.92. The number of hydrogen-bond acceptors (Lipinski definition) is 6. The predicted octanol–water partition coefficient (Wildman–Crippen LogP) is 0.258. The molecule has 1 heterocycles. The maximum Gasteiger partial charge on any atom is 0.246 e. The van der Waals surface area contributed by atoms with E-state index >= 15 is 0 Å². The summed E-state index contributed by atoms with van der Waals surface area (Å²) >= 11 is 0. The molecule has 0 fully saturated rings. The van der Waals surface area contributed by atoms with Crippen molar-refractivity contribution >= 4 is 12.3 Å². The van der Waals surface area contributed by atoms with Gasteiger partial charge in [-0.15, -0.1) is 5.11 Å². The van der Waals surface area contributed by atoms with Gasteiger partial charge in [0.1, 0.15) is 12.7 Å². The van der Waals surface area contributed by atoms with E-state index in [1.165, 1.54) is 12.7 Å². The third-order valence-electron chi connectivity index (χ3n) is 0.773. The minimum absolute atomic E-state index is 0.319. The molecule has 0 amide bonds. The van der Waals surface area contributed by atoms with Crippen LogP contribution >= 0.6 is 0 Å². The number of rotatable bonds is 3. The summed E-state index contributed by atoms with van der Waals surface area (Å²) in [5.41, 5.74) is 8.79. The van der Waals surface area contributed by atoms with Crippen LogP contribution in [0.4, 0.5) is 5.95 Å². The number of nitrogens with zero attached hydrogens (tertiary/aromatic N) is 5. The molecule has 0 bridgehead atoms. The number of aromatic nitrogens is 3. The molecule has 0 spiro atoms. The molecule has 0 radical (unpaired) electrons. The molecule has 1 rings (SSSR count). The predicted molar refractivity (Wildman–Crippen MR) is 37.1 cm³/mol. The lowest BCUT2D eigenvalue weighted by atomic mass is 11.0. The molecular formula is C4H5N7. The lowest BCUT2D eigenvalue weighted by molar-refractivity contribution is 1.03. The first-order valence-corrected chi connectivity index (χ1v) is 2.69. The van der Waals surface area contributed by atoms with Gasteiger partial charge in [0.2, 0.25) is 5.95 Å². The van der Waals surface area contributed by atoms with Gasteiger partial charge < -0.3 is 0 Å². The summed E-state index contributed by atoms with van der Waals surface area (Å²) in [6.07, 6.45) is 3.70. The molecule has 0 atom stereocenters. The monoisotopic (exact) mass is 151 g/mol. The molecule has 0 aliphatic rings. The van der Waals surface area contributed by atoms with Gasteiger partial charge in [0.25, 0.3) is 0 Å². The Morgan fingerprint density at radius 2 is 2.18 bits per heavy atom. The van der Waals surface area contributed by atoms with Crippen molar-refractivity contribution in [3.63, 3.8) is 0 Å². The summed E-state index contributed by atoms with van der Waals surface area (Å²) in [7, 11) is 0. The molecule has 11 heavy (non-hydrogen) atoms. The second-order valence-electron chi connectivity index (χ2n) is 1.45. The highest BCUT2D eigenvalue weighted by Crippen LogP contribution is 1.89. The van der Waals surface area contributed by atoms with E-state index in [4.69, 9.17) is 5.53 Å². The second-order valence-corrected chi connectivity index (χ2v) is 1.45. The number of nitrogens with one attached hydrogen (secondary N) is 2. The van der Waals surface area contributed by atoms with Gasteiger partial charge in [0, 0.05) is 0 Å². The first-order valence-electron chi connectivity index (χ1n) is 2.69. The summed E-state index contributed by atoms with van der Waals surface area (Å²) < 4.78 is 0. The van der Waals surface area contributed by atoms with E-state index < -0.39 is 0 Å². The van der Waals surface area contributed by atoms with E-state index in [9.17, 15) is 0 Å². The molecule has 0 saturated heterocycles. The fourth-order valence-electron chi connectivity index (χ4n) is 0.412. The molecule has 0 aliphatic carbocycles. The van der Waals surface area contributed by atoms with Gasteiger partial charge in [0.05, 0.1) is 0 Å². The smallest absolute Gasteiger partial charge is 0.244 e. The fraction of sp³-hybridized carbons (Fsp3) is 0. The van der Waals surface area contributed by atoms with Crippen molar-refractivity contribution in [2.24, 2.45) is 10.2 Å². The van der Waals surface area contributed by atoms with Crippen molar-refractivity contribution < 1.29 is 0 Å². The highest BCUT2D eigenvalue weighted by Gasteiger charge is 1.86. The average molecular weight is 151 g/mol. The maximum atomic E-state index is 6.35. The van der Waals surface area contributed by atoms with E-state index in [0.717, 1.165) is 6.34 Å². The van der Waals surface area contributed by atoms with Crippen LogP contribution in [0.5, 0.6) is 0 Å². The third kappa shape index (κ3) is 2.43. The van der Waals surface area contributed by atoms with Crippen molar-refractivity contribution in [3.05, 3.63) is 12.7 Å². The van der Waals surface area contributed by atoms with Crippen molar-refractivity contribution in [3.8, 4) is 0 Å². The molecule has 0 aliphatic heterocycles. The molecule has 7 nitrogen and oxygen atoms in total. The van der Waals surface area contributed by atoms with Gasteiger partial charge >= 0.3 is 0 Å². The Balaban J connectivity index is 2.51. The Bertz CT molecular complexity index is 242. The Labute approximate surface area is 62.1 Å². The largest absolute Gasteiger partial charge is 0.246 e. The molecule has 56 valence electrons. The van der Waals surface area contributed by atoms with Crippen LogP contribution in [0.25, 0.3) is 0 Å². The van der Waals surface area contributed by atoms with Gasteiger partial charge in [-0.3, -0.25) is 0 Å². The molecular weight excluding hydrogens is 146 g/mol. The summed E-state index contributed by atoms with van der Waals surface area (Å²) in [6, 6.07) is 0. The Kier molecular flexibility index (Phi) is 2.61. The fourth-order valence-corrected chi connectivity index (χ4v) is 0.412. The van der Waals surface area contributed by atoms with Crippen molar-refractivity contribution in [1.82, 2.24) is 15.0 Å². The van der Waals surface area contributed by atoms with Crippen LogP contribution in [-0.4, -0.2) is 21.3 Å². The van der Waals surface area contributed by atoms with Crippen LogP contribution < -0.4 is 5.43 Å². The van der Waals surface area contributed by atoms with E-state index in [-0.39, 0.29) is 0 Å². The van der Waals surface area contributed by atoms with Crippen molar-refractivity contribution in [2.75, 3.05) is 5.43 Å². The quantitative estimate of drug-likeness (QED) is 0.280. The molecule has 2 N–H and O–H groups in total. The maximum absolute atomic E-state index is 6.35. The van der Waals surface area contributed by atoms with Gasteiger partial charge in [0.15, 0.2) is 6.34 Å². The Morgan fingerprint density at radius 3 is 2.82 bits per heavy atom. The highest BCUT2D eigenvalue weighted by molar-refractivity contribution is 5.55. The molecule has 7 heteroatoms. The van der Waals surface area contributed by atoms with E-state index in [0.29, 0.717) is 5.95 Å². The lowest BCUT2D eigenvalue weighted by Gasteiger charge is -1.92. The van der Waals surface area contributed by atoms with Gasteiger partial charge in [-0.2, -0.15) is 15.1 Å². The van der Waals surface area contributed by atoms with Crippen LogP contribution in [0, 0.1) is 5.53 Å². The Morgan fingerprint density at radius 1 is 1.45 bits per heavy atom. The van der Waals surface area contributed by atoms with Gasteiger partial charge in [-0.1, -0.05) is 0 Å². The van der Waals surface area contributed by atoms with E-state index in [1.807, 2.05) is 0 Å². The highest BCUT2D eigenvalue weighted by atomic mass is 15.4. The van der Waals surface area contributed by atoms with Crippen LogP contribution in [0.15, 0.2) is 22.9 Å². The first kappa shape index (κ1) is 7.19. The normalized spacial score (nSPS) is 9.82. The van der Waals surface area contributed by atoms with Crippen molar-refractivity contribution in [1.29, 1.82) is 5.53 Å². The van der Waals surface area contributed by atoms with E-state index in [1.54, 1.807) is 0 Å². The minimum atomic E-state index is 0.319. The number of hydrazone groups is 1. The van der Waals surface area contributed by atoms with Gasteiger partial charge in [-0.05, 0) is 0 Å². The summed E-state index contributed by atoms with van der Waals surface area (Å²) in [6.45, 7) is 0. The average Bonchev–Trinajstić information content (AvgIpc) is 2.07. The molecule has 0 aromatic carbocycles. The minimum Gasteiger partial charge on any atom is -0.244 e. The molecule has 1 aromatic rings. The summed E-state index contributed by atoms with van der Waals surface area (Å²) in [5, 5.41) is 6.35. The number of hydrogen-bond donors (Lipinski definition) is 2. The third-order valence-corrected chi connectivity index (χ3v) is 0.773. The zero-order valence-electron chi connectivity index (χ0n) is 5.47. The first-order chi connectivity index (χ1) is 5.43. The zero-order chi connectivity index (χ0) is 7.94. The van der Waals surface area contributed by atoms with E-state index in [2.05, 4.69) is 30.6 Å². The SMILES string of the molecule is N=NC=NNc1ncncn1. The van der Waals surface area contributed by atoms with Crippen LogP contribution in [0.1, 0.15) is 0 Å². The second kappa shape index (κ2) is 3.99. The van der Waals surface area contributed by atoms with Crippen LogP contribution in [-0.2, 0) is 0 Å². The standard InChI is InChI=1S/C4H5N7/c5-9-3-10-11-4-7-1-6-2-8-4/h1-3,5H,(H,6,7,8,11). The van der Waals surface area contributed by atoms with Gasteiger partial charge in [-0.25, -0.2) is 15.9 Å². The van der Waals surface area contributed by atoms with Crippen LogP contribution in [0.3, 0.4) is 0 Å². The summed E-state index contributed by atoms with van der Waals surface area (Å²) in [5.74, 6) is 0.319. The van der Waals surface area contributed by atoms with Crippen LogP contribution in [0.2, 0.25) is 0 Å². The number of anilines is 1. The topological polar surface area (TPSA) is 99.3 Å². The lowest BCUT2D eigenvalue weighted by Crippen LogP contribution is -1.94.